The normalized spacial score (nSPS) is 25.6. The van der Waals surface area contributed by atoms with Gasteiger partial charge in [-0.1, -0.05) is 43.2 Å². The number of carbonyl (C=O) groups is 2. The highest BCUT2D eigenvalue weighted by atomic mass is 16.5. The Kier molecular flexibility index (Phi) is 5.74. The van der Waals surface area contributed by atoms with Crippen molar-refractivity contribution in [2.75, 3.05) is 13.1 Å². The molecule has 1 aromatic rings. The number of amides is 2. The number of ether oxygens (including phenoxy) is 1. The van der Waals surface area contributed by atoms with E-state index in [1.165, 1.54) is 6.92 Å². The van der Waals surface area contributed by atoms with Gasteiger partial charge in [0, 0.05) is 13.5 Å². The molecule has 1 heterocycles. The van der Waals surface area contributed by atoms with Crippen molar-refractivity contribution in [1.82, 2.24) is 10.2 Å². The summed E-state index contributed by atoms with van der Waals surface area (Å²) < 4.78 is 6.06. The van der Waals surface area contributed by atoms with Crippen LogP contribution in [-0.2, 0) is 14.3 Å². The van der Waals surface area contributed by atoms with E-state index in [2.05, 4.69) is 5.32 Å². The second kappa shape index (κ2) is 8.00. The quantitative estimate of drug-likeness (QED) is 0.913. The maximum atomic E-state index is 13.2. The third-order valence-electron chi connectivity index (χ3n) is 5.24. The molecule has 0 radical (unpaired) electrons. The van der Waals surface area contributed by atoms with E-state index in [0.29, 0.717) is 13.1 Å². The Morgan fingerprint density at radius 2 is 1.84 bits per heavy atom. The van der Waals surface area contributed by atoms with Gasteiger partial charge >= 0.3 is 0 Å². The third kappa shape index (κ3) is 4.40. The topological polar surface area (TPSA) is 58.6 Å². The van der Waals surface area contributed by atoms with Crippen LogP contribution in [0.5, 0.6) is 0 Å². The lowest BCUT2D eigenvalue weighted by Crippen LogP contribution is -2.55. The molecule has 3 rings (SSSR count). The molecule has 1 N–H and O–H groups in total. The Morgan fingerprint density at radius 3 is 2.48 bits per heavy atom. The number of carbonyl (C=O) groups excluding carboxylic acids is 2. The molecule has 0 unspecified atom stereocenters. The highest BCUT2D eigenvalue weighted by molar-refractivity contribution is 5.87. The average molecular weight is 344 g/mol. The van der Waals surface area contributed by atoms with Gasteiger partial charge in [0.2, 0.25) is 11.8 Å². The summed E-state index contributed by atoms with van der Waals surface area (Å²) in [6, 6.07) is 9.62. The van der Waals surface area contributed by atoms with Gasteiger partial charge in [-0.2, -0.15) is 0 Å². The first kappa shape index (κ1) is 17.9. The standard InChI is InChI=1S/C20H28N2O3/c1-14-12-22(13-18(25-14)16-8-4-3-5-9-16)20(24)19(21-15(2)23)17-10-6-7-11-17/h3-5,8-9,14,17-19H,6-7,10-13H2,1-2H3,(H,21,23)/t14-,18-,19-/m0/s1. The van der Waals surface area contributed by atoms with Crippen LogP contribution in [0.25, 0.3) is 0 Å². The number of hydrogen-bond donors (Lipinski definition) is 1. The molecular formula is C20H28N2O3. The molecule has 136 valence electrons. The summed E-state index contributed by atoms with van der Waals surface area (Å²) in [6.45, 7) is 4.60. The van der Waals surface area contributed by atoms with E-state index >= 15 is 0 Å². The van der Waals surface area contributed by atoms with Crippen LogP contribution in [-0.4, -0.2) is 41.9 Å². The number of benzene rings is 1. The Morgan fingerprint density at radius 1 is 1.16 bits per heavy atom. The molecule has 1 aliphatic heterocycles. The molecule has 2 aliphatic rings. The molecule has 2 fully saturated rings. The van der Waals surface area contributed by atoms with Crippen molar-refractivity contribution in [3.8, 4) is 0 Å². The van der Waals surface area contributed by atoms with Gasteiger partial charge in [-0.15, -0.1) is 0 Å². The molecule has 1 saturated carbocycles. The van der Waals surface area contributed by atoms with Gasteiger partial charge in [-0.05, 0) is 31.2 Å². The number of hydrogen-bond acceptors (Lipinski definition) is 3. The van der Waals surface area contributed by atoms with E-state index in [1.54, 1.807) is 0 Å². The van der Waals surface area contributed by atoms with Gasteiger partial charge in [0.25, 0.3) is 0 Å². The van der Waals surface area contributed by atoms with Gasteiger partial charge in [-0.3, -0.25) is 9.59 Å². The zero-order chi connectivity index (χ0) is 17.8. The first-order valence-corrected chi connectivity index (χ1v) is 9.31. The second-order valence-corrected chi connectivity index (χ2v) is 7.31. The largest absolute Gasteiger partial charge is 0.367 e. The average Bonchev–Trinajstić information content (AvgIpc) is 3.13. The van der Waals surface area contributed by atoms with Gasteiger partial charge in [0.1, 0.15) is 12.1 Å². The highest BCUT2D eigenvalue weighted by Crippen LogP contribution is 2.31. The molecule has 25 heavy (non-hydrogen) atoms. The van der Waals surface area contributed by atoms with Crippen LogP contribution in [0.15, 0.2) is 30.3 Å². The van der Waals surface area contributed by atoms with Crippen LogP contribution in [0, 0.1) is 5.92 Å². The molecule has 1 aromatic carbocycles. The molecule has 5 heteroatoms. The van der Waals surface area contributed by atoms with Crippen molar-refractivity contribution in [3.63, 3.8) is 0 Å². The van der Waals surface area contributed by atoms with E-state index in [9.17, 15) is 9.59 Å². The molecular weight excluding hydrogens is 316 g/mol. The SMILES string of the molecule is CC(=O)N[C@H](C(=O)N1C[C@@H](c2ccccc2)O[C@@H](C)C1)C1CCCC1. The monoisotopic (exact) mass is 344 g/mol. The Bertz CT molecular complexity index is 598. The van der Waals surface area contributed by atoms with Crippen LogP contribution >= 0.6 is 0 Å². The lowest BCUT2D eigenvalue weighted by molar-refractivity contribution is -0.149. The first-order chi connectivity index (χ1) is 12.0. The molecule has 1 aliphatic carbocycles. The molecule has 0 bridgehead atoms. The van der Waals surface area contributed by atoms with E-state index in [1.807, 2.05) is 42.2 Å². The van der Waals surface area contributed by atoms with Crippen LogP contribution in [0.4, 0.5) is 0 Å². The summed E-state index contributed by atoms with van der Waals surface area (Å²) in [5.74, 6) is 0.161. The number of nitrogens with zero attached hydrogens (tertiary/aromatic N) is 1. The Labute approximate surface area is 149 Å². The molecule has 0 spiro atoms. The van der Waals surface area contributed by atoms with E-state index in [0.717, 1.165) is 31.2 Å². The van der Waals surface area contributed by atoms with Crippen LogP contribution < -0.4 is 5.32 Å². The van der Waals surface area contributed by atoms with E-state index < -0.39 is 6.04 Å². The van der Waals surface area contributed by atoms with Crippen molar-refractivity contribution in [2.24, 2.45) is 5.92 Å². The Hall–Kier alpha value is -1.88. The van der Waals surface area contributed by atoms with Crippen LogP contribution in [0.3, 0.4) is 0 Å². The van der Waals surface area contributed by atoms with Gasteiger partial charge in [-0.25, -0.2) is 0 Å². The summed E-state index contributed by atoms with van der Waals surface area (Å²) in [5, 5.41) is 2.92. The minimum absolute atomic E-state index is 0.0236. The summed E-state index contributed by atoms with van der Waals surface area (Å²) >= 11 is 0. The minimum atomic E-state index is -0.401. The number of rotatable bonds is 4. The van der Waals surface area contributed by atoms with Crippen molar-refractivity contribution in [1.29, 1.82) is 0 Å². The Balaban J connectivity index is 1.75. The summed E-state index contributed by atoms with van der Waals surface area (Å²) in [7, 11) is 0. The lowest BCUT2D eigenvalue weighted by atomic mass is 9.95. The van der Waals surface area contributed by atoms with Crippen molar-refractivity contribution in [2.45, 2.75) is 57.8 Å². The van der Waals surface area contributed by atoms with Crippen molar-refractivity contribution < 1.29 is 14.3 Å². The molecule has 1 saturated heterocycles. The maximum absolute atomic E-state index is 13.2. The number of nitrogens with one attached hydrogen (secondary N) is 1. The van der Waals surface area contributed by atoms with E-state index in [4.69, 9.17) is 4.74 Å². The smallest absolute Gasteiger partial charge is 0.245 e. The van der Waals surface area contributed by atoms with E-state index in [-0.39, 0.29) is 29.9 Å². The fourth-order valence-corrected chi connectivity index (χ4v) is 4.07. The molecule has 3 atom stereocenters. The summed E-state index contributed by atoms with van der Waals surface area (Å²) in [4.78, 5) is 26.7. The molecule has 0 aromatic heterocycles. The fraction of sp³-hybridized carbons (Fsp3) is 0.600. The lowest BCUT2D eigenvalue weighted by Gasteiger charge is -2.39. The minimum Gasteiger partial charge on any atom is -0.367 e. The van der Waals surface area contributed by atoms with Crippen molar-refractivity contribution in [3.05, 3.63) is 35.9 Å². The predicted octanol–water partition coefficient (Wildman–Crippen LogP) is 2.67. The summed E-state index contributed by atoms with van der Waals surface area (Å²) in [5.41, 5.74) is 1.09. The second-order valence-electron chi connectivity index (χ2n) is 7.31. The van der Waals surface area contributed by atoms with Gasteiger partial charge in [0.05, 0.1) is 12.6 Å². The van der Waals surface area contributed by atoms with Gasteiger partial charge < -0.3 is 15.0 Å². The third-order valence-corrected chi connectivity index (χ3v) is 5.24. The fourth-order valence-electron chi connectivity index (χ4n) is 4.07. The maximum Gasteiger partial charge on any atom is 0.245 e. The summed E-state index contributed by atoms with van der Waals surface area (Å²) in [6.07, 6.45) is 4.16. The van der Waals surface area contributed by atoms with Crippen LogP contribution in [0.2, 0.25) is 0 Å². The first-order valence-electron chi connectivity index (χ1n) is 9.31. The van der Waals surface area contributed by atoms with Crippen LogP contribution in [0.1, 0.15) is 51.2 Å². The molecule has 5 nitrogen and oxygen atoms in total. The highest BCUT2D eigenvalue weighted by Gasteiger charge is 2.37. The van der Waals surface area contributed by atoms with Gasteiger partial charge in [0.15, 0.2) is 0 Å². The molecule has 2 amide bonds. The zero-order valence-corrected chi connectivity index (χ0v) is 15.1. The predicted molar refractivity (Wildman–Crippen MR) is 95.9 cm³/mol. The number of morpholine rings is 1. The zero-order valence-electron chi connectivity index (χ0n) is 15.1. The van der Waals surface area contributed by atoms with Crippen molar-refractivity contribution >= 4 is 11.8 Å².